The molecular weight excluding hydrogens is 366 g/mol. The summed E-state index contributed by atoms with van der Waals surface area (Å²) in [6.45, 7) is 4.53. The summed E-state index contributed by atoms with van der Waals surface area (Å²) in [5.74, 6) is 0.364. The summed E-state index contributed by atoms with van der Waals surface area (Å²) in [6.07, 6.45) is 0. The van der Waals surface area contributed by atoms with Crippen molar-refractivity contribution in [1.29, 1.82) is 0 Å². The Morgan fingerprint density at radius 2 is 1.66 bits per heavy atom. The number of nitrogens with zero attached hydrogens (tertiary/aromatic N) is 3. The van der Waals surface area contributed by atoms with Gasteiger partial charge in [-0.2, -0.15) is 0 Å². The Morgan fingerprint density at radius 3 is 2.31 bits per heavy atom. The molecule has 0 saturated carbocycles. The van der Waals surface area contributed by atoms with E-state index < -0.39 is 0 Å². The van der Waals surface area contributed by atoms with E-state index in [1.54, 1.807) is 23.9 Å². The molecule has 0 atom stereocenters. The van der Waals surface area contributed by atoms with Gasteiger partial charge >= 0.3 is 5.97 Å². The summed E-state index contributed by atoms with van der Waals surface area (Å²) in [6, 6.07) is 20.9. The number of hydrogen-bond donors (Lipinski definition) is 0. The van der Waals surface area contributed by atoms with Gasteiger partial charge in [0, 0.05) is 0 Å². The van der Waals surface area contributed by atoms with Crippen molar-refractivity contribution in [2.24, 2.45) is 0 Å². The molecule has 6 heteroatoms. The second-order valence-corrected chi connectivity index (χ2v) is 6.66. The Labute approximate surface area is 168 Å². The van der Waals surface area contributed by atoms with E-state index in [0.29, 0.717) is 24.5 Å². The maximum Gasteiger partial charge on any atom is 0.338 e. The molecule has 146 valence electrons. The number of carbonyl (C=O) groups is 1. The van der Waals surface area contributed by atoms with Crippen molar-refractivity contribution >= 4 is 17.0 Å². The van der Waals surface area contributed by atoms with E-state index in [2.05, 4.69) is 10.2 Å². The van der Waals surface area contributed by atoms with Gasteiger partial charge in [-0.3, -0.25) is 0 Å². The maximum atomic E-state index is 11.8. The smallest absolute Gasteiger partial charge is 0.338 e. The third kappa shape index (κ3) is 4.11. The third-order valence-corrected chi connectivity index (χ3v) is 4.48. The highest BCUT2D eigenvalue weighted by atomic mass is 16.5. The summed E-state index contributed by atoms with van der Waals surface area (Å²) >= 11 is 0. The molecule has 0 N–H and O–H groups in total. The third-order valence-electron chi connectivity index (χ3n) is 4.48. The fourth-order valence-electron chi connectivity index (χ4n) is 2.99. The SMILES string of the molecule is CCOC(=O)c1ccc(COc2ccc(C)cc2-n2nc3ccccc3n2)cc1. The molecule has 3 aromatic carbocycles. The average molecular weight is 387 g/mol. The number of fused-ring (bicyclic) bond motifs is 1. The fraction of sp³-hybridized carbons (Fsp3) is 0.174. The lowest BCUT2D eigenvalue weighted by molar-refractivity contribution is 0.0526. The van der Waals surface area contributed by atoms with Crippen molar-refractivity contribution in [1.82, 2.24) is 15.0 Å². The zero-order valence-corrected chi connectivity index (χ0v) is 16.3. The van der Waals surface area contributed by atoms with E-state index >= 15 is 0 Å². The van der Waals surface area contributed by atoms with Crippen LogP contribution in [0.15, 0.2) is 66.7 Å². The molecule has 0 saturated heterocycles. The molecule has 4 aromatic rings. The van der Waals surface area contributed by atoms with Crippen LogP contribution in [0, 0.1) is 6.92 Å². The van der Waals surface area contributed by atoms with Crippen LogP contribution in [-0.2, 0) is 11.3 Å². The quantitative estimate of drug-likeness (QED) is 0.456. The van der Waals surface area contributed by atoms with Gasteiger partial charge in [-0.1, -0.05) is 30.3 Å². The standard InChI is InChI=1S/C23H21N3O3/c1-3-28-23(27)18-11-9-17(10-12-18)15-29-22-13-8-16(2)14-21(22)26-24-19-6-4-5-7-20(19)25-26/h4-14H,3,15H2,1-2H3. The Hall–Kier alpha value is -3.67. The Bertz CT molecular complexity index is 1120. The number of benzene rings is 3. The van der Waals surface area contributed by atoms with Crippen LogP contribution in [0.5, 0.6) is 5.75 Å². The average Bonchev–Trinajstić information content (AvgIpc) is 3.17. The van der Waals surface area contributed by atoms with Crippen LogP contribution in [-0.4, -0.2) is 27.6 Å². The summed E-state index contributed by atoms with van der Waals surface area (Å²) in [4.78, 5) is 13.4. The summed E-state index contributed by atoms with van der Waals surface area (Å²) in [5, 5.41) is 9.12. The second-order valence-electron chi connectivity index (χ2n) is 6.66. The molecule has 0 radical (unpaired) electrons. The van der Waals surface area contributed by atoms with E-state index in [1.807, 2.05) is 61.5 Å². The first-order chi connectivity index (χ1) is 14.1. The molecule has 0 bridgehead atoms. The van der Waals surface area contributed by atoms with Gasteiger partial charge in [0.05, 0.1) is 12.2 Å². The van der Waals surface area contributed by atoms with Crippen molar-refractivity contribution in [2.45, 2.75) is 20.5 Å². The first-order valence-electron chi connectivity index (χ1n) is 9.46. The Morgan fingerprint density at radius 1 is 0.966 bits per heavy atom. The normalized spacial score (nSPS) is 10.8. The van der Waals surface area contributed by atoms with Crippen molar-refractivity contribution in [2.75, 3.05) is 6.61 Å². The number of aromatic nitrogens is 3. The Kier molecular flexibility index (Phi) is 5.24. The van der Waals surface area contributed by atoms with E-state index in [9.17, 15) is 4.79 Å². The number of hydrogen-bond acceptors (Lipinski definition) is 5. The first kappa shape index (κ1) is 18.7. The molecule has 0 spiro atoms. The number of carbonyl (C=O) groups excluding carboxylic acids is 1. The van der Waals surface area contributed by atoms with Crippen LogP contribution >= 0.6 is 0 Å². The van der Waals surface area contributed by atoms with Gasteiger partial charge in [0.1, 0.15) is 29.1 Å². The lowest BCUT2D eigenvalue weighted by atomic mass is 10.1. The molecule has 4 rings (SSSR count). The van der Waals surface area contributed by atoms with Gasteiger partial charge in [-0.05, 0) is 61.4 Å². The zero-order valence-electron chi connectivity index (χ0n) is 16.3. The van der Waals surface area contributed by atoms with E-state index in [1.165, 1.54) is 0 Å². The molecular formula is C23H21N3O3. The molecule has 0 amide bonds. The van der Waals surface area contributed by atoms with Crippen LogP contribution in [0.4, 0.5) is 0 Å². The van der Waals surface area contributed by atoms with Crippen molar-refractivity contribution < 1.29 is 14.3 Å². The van der Waals surface area contributed by atoms with Crippen LogP contribution < -0.4 is 4.74 Å². The van der Waals surface area contributed by atoms with E-state index in [-0.39, 0.29) is 5.97 Å². The van der Waals surface area contributed by atoms with Gasteiger partial charge in [0.15, 0.2) is 0 Å². The highest BCUT2D eigenvalue weighted by molar-refractivity contribution is 5.89. The number of ether oxygens (including phenoxy) is 2. The van der Waals surface area contributed by atoms with Crippen molar-refractivity contribution in [3.63, 3.8) is 0 Å². The summed E-state index contributed by atoms with van der Waals surface area (Å²) < 4.78 is 11.1. The predicted molar refractivity (Wildman–Crippen MR) is 110 cm³/mol. The largest absolute Gasteiger partial charge is 0.487 e. The minimum atomic E-state index is -0.322. The minimum Gasteiger partial charge on any atom is -0.487 e. The lowest BCUT2D eigenvalue weighted by Crippen LogP contribution is -2.06. The fourth-order valence-corrected chi connectivity index (χ4v) is 2.99. The summed E-state index contributed by atoms with van der Waals surface area (Å²) in [5.41, 5.74) is 5.00. The highest BCUT2D eigenvalue weighted by Crippen LogP contribution is 2.25. The van der Waals surface area contributed by atoms with Crippen molar-refractivity contribution in [3.05, 3.63) is 83.4 Å². The van der Waals surface area contributed by atoms with E-state index in [4.69, 9.17) is 9.47 Å². The topological polar surface area (TPSA) is 66.2 Å². The number of rotatable bonds is 6. The molecule has 6 nitrogen and oxygen atoms in total. The van der Waals surface area contributed by atoms with Gasteiger partial charge in [-0.15, -0.1) is 15.0 Å². The molecule has 29 heavy (non-hydrogen) atoms. The van der Waals surface area contributed by atoms with Gasteiger partial charge in [0.2, 0.25) is 0 Å². The monoisotopic (exact) mass is 387 g/mol. The van der Waals surface area contributed by atoms with Gasteiger partial charge in [0.25, 0.3) is 0 Å². The number of esters is 1. The van der Waals surface area contributed by atoms with Crippen LogP contribution in [0.25, 0.3) is 16.7 Å². The molecule has 0 aliphatic carbocycles. The summed E-state index contributed by atoms with van der Waals surface area (Å²) in [7, 11) is 0. The zero-order chi connectivity index (χ0) is 20.2. The highest BCUT2D eigenvalue weighted by Gasteiger charge is 2.11. The molecule has 1 heterocycles. The van der Waals surface area contributed by atoms with Gasteiger partial charge in [-0.25, -0.2) is 4.79 Å². The maximum absolute atomic E-state index is 11.8. The Balaban J connectivity index is 1.56. The van der Waals surface area contributed by atoms with Crippen LogP contribution in [0.2, 0.25) is 0 Å². The number of aryl methyl sites for hydroxylation is 1. The molecule has 0 fully saturated rings. The van der Waals surface area contributed by atoms with Crippen LogP contribution in [0.1, 0.15) is 28.4 Å². The lowest BCUT2D eigenvalue weighted by Gasteiger charge is -2.12. The molecule has 1 aromatic heterocycles. The molecule has 0 aliphatic heterocycles. The first-order valence-corrected chi connectivity index (χ1v) is 9.46. The molecule has 0 aliphatic rings. The van der Waals surface area contributed by atoms with Crippen LogP contribution in [0.3, 0.4) is 0 Å². The van der Waals surface area contributed by atoms with Gasteiger partial charge < -0.3 is 9.47 Å². The van der Waals surface area contributed by atoms with Crippen molar-refractivity contribution in [3.8, 4) is 11.4 Å². The second kappa shape index (κ2) is 8.14. The predicted octanol–water partition coefficient (Wildman–Crippen LogP) is 4.48. The minimum absolute atomic E-state index is 0.322. The van der Waals surface area contributed by atoms with E-state index in [0.717, 1.165) is 27.8 Å². The molecule has 0 unspecified atom stereocenters.